The van der Waals surface area contributed by atoms with E-state index in [-0.39, 0.29) is 18.2 Å². The molecule has 154 valence electrons. The molecule has 7 nitrogen and oxygen atoms in total. The molecule has 0 spiro atoms. The summed E-state index contributed by atoms with van der Waals surface area (Å²) in [5.74, 6) is 1.18. The number of rotatable bonds is 6. The Morgan fingerprint density at radius 2 is 1.77 bits per heavy atom. The molecule has 0 saturated heterocycles. The Morgan fingerprint density at radius 3 is 2.53 bits per heavy atom. The van der Waals surface area contributed by atoms with Crippen molar-refractivity contribution in [1.29, 1.82) is 0 Å². The second-order valence-corrected chi connectivity index (χ2v) is 7.71. The van der Waals surface area contributed by atoms with Crippen LogP contribution in [0.3, 0.4) is 0 Å². The van der Waals surface area contributed by atoms with E-state index in [2.05, 4.69) is 15.6 Å². The number of carbonyl (C=O) groups excluding carboxylic acids is 2. The molecule has 2 N–H and O–H groups in total. The summed E-state index contributed by atoms with van der Waals surface area (Å²) < 4.78 is 11.1. The Bertz CT molecular complexity index is 1060. The van der Waals surface area contributed by atoms with Crippen LogP contribution in [0.15, 0.2) is 47.8 Å². The molecule has 3 aromatic rings. The first-order chi connectivity index (χ1) is 14.6. The first-order valence-electron chi connectivity index (χ1n) is 9.54. The largest absolute Gasteiger partial charge is 0.486 e. The summed E-state index contributed by atoms with van der Waals surface area (Å²) in [6.45, 7) is 3.04. The second-order valence-electron chi connectivity index (χ2n) is 6.85. The Balaban J connectivity index is 1.36. The van der Waals surface area contributed by atoms with E-state index in [1.54, 1.807) is 0 Å². The van der Waals surface area contributed by atoms with E-state index in [9.17, 15) is 9.59 Å². The summed E-state index contributed by atoms with van der Waals surface area (Å²) in [5, 5.41) is 8.08. The van der Waals surface area contributed by atoms with Crippen molar-refractivity contribution in [1.82, 2.24) is 10.3 Å². The highest BCUT2D eigenvalue weighted by molar-refractivity contribution is 7.14. The van der Waals surface area contributed by atoms with Crippen LogP contribution >= 0.6 is 11.3 Å². The summed E-state index contributed by atoms with van der Waals surface area (Å²) in [7, 11) is 0. The highest BCUT2D eigenvalue weighted by Gasteiger charge is 2.14. The van der Waals surface area contributed by atoms with Crippen LogP contribution in [0.5, 0.6) is 11.5 Å². The Morgan fingerprint density at radius 1 is 1.03 bits per heavy atom. The van der Waals surface area contributed by atoms with Gasteiger partial charge in [0.15, 0.2) is 16.6 Å². The maximum absolute atomic E-state index is 12.4. The van der Waals surface area contributed by atoms with Crippen LogP contribution in [-0.4, -0.2) is 30.0 Å². The summed E-state index contributed by atoms with van der Waals surface area (Å²) in [6, 6.07) is 13.3. The number of nitrogens with zero attached hydrogens (tertiary/aromatic N) is 1. The minimum absolute atomic E-state index is 0.0600. The lowest BCUT2D eigenvalue weighted by molar-refractivity contribution is -0.119. The fraction of sp³-hybridized carbons (Fsp3) is 0.227. The molecule has 0 bridgehead atoms. The molecule has 1 aromatic heterocycles. The van der Waals surface area contributed by atoms with Gasteiger partial charge in [-0.15, -0.1) is 11.3 Å². The monoisotopic (exact) mass is 423 g/mol. The van der Waals surface area contributed by atoms with Crippen LogP contribution in [0.2, 0.25) is 0 Å². The van der Waals surface area contributed by atoms with Crippen molar-refractivity contribution in [2.75, 3.05) is 18.5 Å². The SMILES string of the molecule is CC(=O)NCc1ccc(-c2csc(NC(=O)Cc3ccc4c(c3)OCCO4)n2)cc1. The molecule has 2 amide bonds. The first kappa shape index (κ1) is 19.9. The fourth-order valence-electron chi connectivity index (χ4n) is 3.03. The summed E-state index contributed by atoms with van der Waals surface area (Å²) in [5.41, 5.74) is 3.60. The molecule has 1 aliphatic heterocycles. The van der Waals surface area contributed by atoms with E-state index in [4.69, 9.17) is 9.47 Å². The second kappa shape index (κ2) is 8.96. The standard InChI is InChI=1S/C22H21N3O4S/c1-14(26)23-12-15-2-5-17(6-3-15)18-13-30-22(24-18)25-21(27)11-16-4-7-19-20(10-16)29-9-8-28-19/h2-7,10,13H,8-9,11-12H2,1H3,(H,23,26)(H,24,25,27). The normalized spacial score (nSPS) is 12.3. The van der Waals surface area contributed by atoms with Gasteiger partial charge in [0.1, 0.15) is 13.2 Å². The lowest BCUT2D eigenvalue weighted by atomic mass is 10.1. The number of aromatic nitrogens is 1. The van der Waals surface area contributed by atoms with Crippen molar-refractivity contribution in [3.63, 3.8) is 0 Å². The smallest absolute Gasteiger partial charge is 0.230 e. The zero-order valence-electron chi connectivity index (χ0n) is 16.4. The summed E-state index contributed by atoms with van der Waals surface area (Å²) in [6.07, 6.45) is 0.226. The zero-order chi connectivity index (χ0) is 20.9. The average Bonchev–Trinajstić information content (AvgIpc) is 3.20. The number of fused-ring (bicyclic) bond motifs is 1. The third kappa shape index (κ3) is 4.96. The van der Waals surface area contributed by atoms with E-state index in [0.717, 1.165) is 22.4 Å². The van der Waals surface area contributed by atoms with Crippen molar-refractivity contribution < 1.29 is 19.1 Å². The van der Waals surface area contributed by atoms with Gasteiger partial charge in [0, 0.05) is 24.4 Å². The van der Waals surface area contributed by atoms with E-state index >= 15 is 0 Å². The van der Waals surface area contributed by atoms with Gasteiger partial charge in [-0.2, -0.15) is 0 Å². The number of carbonyl (C=O) groups is 2. The lowest BCUT2D eigenvalue weighted by Crippen LogP contribution is -2.18. The molecule has 30 heavy (non-hydrogen) atoms. The first-order valence-corrected chi connectivity index (χ1v) is 10.4. The molecule has 0 fully saturated rings. The topological polar surface area (TPSA) is 89.6 Å². The number of hydrogen-bond acceptors (Lipinski definition) is 6. The van der Waals surface area contributed by atoms with Crippen LogP contribution in [-0.2, 0) is 22.6 Å². The molecular weight excluding hydrogens is 402 g/mol. The quantitative estimate of drug-likeness (QED) is 0.634. The van der Waals surface area contributed by atoms with Gasteiger partial charge >= 0.3 is 0 Å². The van der Waals surface area contributed by atoms with Gasteiger partial charge in [0.05, 0.1) is 12.1 Å². The van der Waals surface area contributed by atoms with Gasteiger partial charge < -0.3 is 20.1 Å². The molecule has 0 unspecified atom stereocenters. The predicted molar refractivity (Wildman–Crippen MR) is 115 cm³/mol. The lowest BCUT2D eigenvalue weighted by Gasteiger charge is -2.18. The molecule has 4 rings (SSSR count). The van der Waals surface area contributed by atoms with E-state index in [0.29, 0.717) is 36.4 Å². The van der Waals surface area contributed by atoms with Crippen LogP contribution in [0.4, 0.5) is 5.13 Å². The van der Waals surface area contributed by atoms with Crippen LogP contribution in [0.1, 0.15) is 18.1 Å². The number of thiazole rings is 1. The fourth-order valence-corrected chi connectivity index (χ4v) is 3.77. The predicted octanol–water partition coefficient (Wildman–Crippen LogP) is 3.40. The van der Waals surface area contributed by atoms with E-state index < -0.39 is 0 Å². The maximum atomic E-state index is 12.4. The minimum Gasteiger partial charge on any atom is -0.486 e. The van der Waals surface area contributed by atoms with Gasteiger partial charge in [-0.3, -0.25) is 9.59 Å². The van der Waals surface area contributed by atoms with Crippen molar-refractivity contribution in [2.24, 2.45) is 0 Å². The Kier molecular flexibility index (Phi) is 5.94. The van der Waals surface area contributed by atoms with Crippen molar-refractivity contribution in [2.45, 2.75) is 19.9 Å². The molecule has 0 saturated carbocycles. The van der Waals surface area contributed by atoms with Gasteiger partial charge in [0.25, 0.3) is 0 Å². The highest BCUT2D eigenvalue weighted by atomic mass is 32.1. The molecule has 0 atom stereocenters. The number of nitrogens with one attached hydrogen (secondary N) is 2. The molecule has 0 aliphatic carbocycles. The van der Waals surface area contributed by atoms with E-state index in [1.807, 2.05) is 47.8 Å². The van der Waals surface area contributed by atoms with Crippen molar-refractivity contribution in [3.8, 4) is 22.8 Å². The van der Waals surface area contributed by atoms with Gasteiger partial charge in [-0.05, 0) is 23.3 Å². The average molecular weight is 423 g/mol. The molecule has 2 aromatic carbocycles. The van der Waals surface area contributed by atoms with E-state index in [1.165, 1.54) is 18.3 Å². The number of ether oxygens (including phenoxy) is 2. The molecule has 8 heteroatoms. The maximum Gasteiger partial charge on any atom is 0.230 e. The molecule has 0 radical (unpaired) electrons. The number of benzene rings is 2. The summed E-state index contributed by atoms with van der Waals surface area (Å²) >= 11 is 1.38. The minimum atomic E-state index is -0.141. The molecule has 2 heterocycles. The highest BCUT2D eigenvalue weighted by Crippen LogP contribution is 2.31. The van der Waals surface area contributed by atoms with Gasteiger partial charge in [-0.1, -0.05) is 30.3 Å². The molecule has 1 aliphatic rings. The van der Waals surface area contributed by atoms with Crippen molar-refractivity contribution >= 4 is 28.3 Å². The third-order valence-corrected chi connectivity index (χ3v) is 5.27. The third-order valence-electron chi connectivity index (χ3n) is 4.51. The van der Waals surface area contributed by atoms with Crippen LogP contribution < -0.4 is 20.1 Å². The van der Waals surface area contributed by atoms with Gasteiger partial charge in [0.2, 0.25) is 11.8 Å². The Hall–Kier alpha value is -3.39. The van der Waals surface area contributed by atoms with Crippen molar-refractivity contribution in [3.05, 3.63) is 59.0 Å². The number of amides is 2. The van der Waals surface area contributed by atoms with Crippen LogP contribution in [0.25, 0.3) is 11.3 Å². The Labute approximate surface area is 178 Å². The van der Waals surface area contributed by atoms with Gasteiger partial charge in [-0.25, -0.2) is 4.98 Å². The summed E-state index contributed by atoms with van der Waals surface area (Å²) in [4.78, 5) is 27.9. The van der Waals surface area contributed by atoms with Crippen LogP contribution in [0, 0.1) is 0 Å². The molecular formula is C22H21N3O4S. The zero-order valence-corrected chi connectivity index (χ0v) is 17.3. The number of anilines is 1. The number of hydrogen-bond donors (Lipinski definition) is 2.